The lowest BCUT2D eigenvalue weighted by Gasteiger charge is -1.88. The molecule has 0 aromatic heterocycles. The molecule has 4 nitrogen and oxygen atoms in total. The van der Waals surface area contributed by atoms with Gasteiger partial charge in [-0.2, -0.15) is 0 Å². The largest absolute Gasteiger partial charge is 0.399 e. The zero-order chi connectivity index (χ0) is 7.28. The predicted octanol–water partition coefficient (Wildman–Crippen LogP) is 0.639. The second-order valence-corrected chi connectivity index (χ2v) is 1.41. The van der Waals surface area contributed by atoms with Crippen molar-refractivity contribution in [2.75, 3.05) is 0 Å². The van der Waals surface area contributed by atoms with Crippen molar-refractivity contribution in [2.24, 2.45) is 5.73 Å². The fraction of sp³-hybridized carbons (Fsp3) is 0.200. The quantitative estimate of drug-likeness (QED) is 0.344. The highest BCUT2D eigenvalue weighted by molar-refractivity contribution is 4.94. The van der Waals surface area contributed by atoms with Crippen molar-refractivity contribution in [1.29, 1.82) is 0 Å². The van der Waals surface area contributed by atoms with Crippen LogP contribution in [-0.2, 0) is 0 Å². The molecule has 0 rings (SSSR count). The van der Waals surface area contributed by atoms with Gasteiger partial charge in [-0.15, -0.1) is 6.58 Å². The molecule has 50 valence electrons. The Morgan fingerprint density at radius 1 is 1.89 bits per heavy atom. The minimum absolute atomic E-state index is 0.0231. The molecule has 0 aliphatic carbocycles. The molecule has 0 aliphatic heterocycles. The van der Waals surface area contributed by atoms with Crippen LogP contribution in [0.5, 0.6) is 0 Å². The molecule has 2 N–H and O–H groups in total. The van der Waals surface area contributed by atoms with Crippen LogP contribution < -0.4 is 5.73 Å². The zero-order valence-corrected chi connectivity index (χ0v) is 4.91. The van der Waals surface area contributed by atoms with Gasteiger partial charge in [-0.05, 0) is 0 Å². The van der Waals surface area contributed by atoms with Crippen LogP contribution in [0.2, 0.25) is 0 Å². The molecule has 0 aliphatic rings. The Hall–Kier alpha value is -1.32. The van der Waals surface area contributed by atoms with Gasteiger partial charge in [-0.25, -0.2) is 0 Å². The Bertz CT molecular complexity index is 151. The molecule has 0 aromatic rings. The molecule has 0 saturated carbocycles. The predicted molar refractivity (Wildman–Crippen MR) is 34.1 cm³/mol. The maximum atomic E-state index is 9.93. The van der Waals surface area contributed by atoms with Gasteiger partial charge in [0.1, 0.15) is 0 Å². The molecule has 9 heavy (non-hydrogen) atoms. The summed E-state index contributed by atoms with van der Waals surface area (Å²) >= 11 is 0. The highest BCUT2D eigenvalue weighted by Gasteiger charge is 2.04. The second-order valence-electron chi connectivity index (χ2n) is 1.41. The highest BCUT2D eigenvalue weighted by Crippen LogP contribution is 1.98. The average Bonchev–Trinajstić information content (AvgIpc) is 1.82. The number of nitrogens with two attached hydrogens (primary N) is 1. The van der Waals surface area contributed by atoms with E-state index in [1.54, 1.807) is 0 Å². The van der Waals surface area contributed by atoms with E-state index in [4.69, 9.17) is 5.73 Å². The van der Waals surface area contributed by atoms with Crippen LogP contribution in [0, 0.1) is 10.1 Å². The van der Waals surface area contributed by atoms with Crippen LogP contribution in [0.25, 0.3) is 0 Å². The maximum Gasteiger partial charge on any atom is 0.265 e. The standard InChI is InChI=1S/C5H8N2O2/c1-2-3-5(4-6)7(8)9/h2,4H,1,3,6H2/b5-4-. The number of nitrogens with zero attached hydrogens (tertiary/aromatic N) is 1. The first-order valence-corrected chi connectivity index (χ1v) is 2.38. The van der Waals surface area contributed by atoms with E-state index in [2.05, 4.69) is 6.58 Å². The van der Waals surface area contributed by atoms with Gasteiger partial charge in [0.15, 0.2) is 0 Å². The molecule has 0 radical (unpaired) electrons. The van der Waals surface area contributed by atoms with Gasteiger partial charge in [-0.3, -0.25) is 10.1 Å². The van der Waals surface area contributed by atoms with Gasteiger partial charge in [-0.1, -0.05) is 6.08 Å². The Morgan fingerprint density at radius 2 is 2.44 bits per heavy atom. The summed E-state index contributed by atoms with van der Waals surface area (Å²) in [7, 11) is 0. The zero-order valence-electron chi connectivity index (χ0n) is 4.91. The lowest BCUT2D eigenvalue weighted by atomic mass is 10.3. The third-order valence-corrected chi connectivity index (χ3v) is 0.780. The van der Waals surface area contributed by atoms with E-state index in [0.29, 0.717) is 0 Å². The smallest absolute Gasteiger partial charge is 0.265 e. The molecule has 0 saturated heterocycles. The van der Waals surface area contributed by atoms with Gasteiger partial charge in [0, 0.05) is 0 Å². The number of allylic oxidation sites excluding steroid dienone is 1. The Labute approximate surface area is 52.8 Å². The number of hydrogen-bond acceptors (Lipinski definition) is 3. The van der Waals surface area contributed by atoms with Crippen LogP contribution >= 0.6 is 0 Å². The first kappa shape index (κ1) is 7.68. The summed E-state index contributed by atoms with van der Waals surface area (Å²) in [6, 6.07) is 0. The van der Waals surface area contributed by atoms with E-state index in [-0.39, 0.29) is 12.1 Å². The van der Waals surface area contributed by atoms with E-state index >= 15 is 0 Å². The third kappa shape index (κ3) is 2.48. The van der Waals surface area contributed by atoms with Crippen LogP contribution in [0.4, 0.5) is 0 Å². The van der Waals surface area contributed by atoms with E-state index in [9.17, 15) is 10.1 Å². The fourth-order valence-electron chi connectivity index (χ4n) is 0.351. The molecule has 0 heterocycles. The normalized spacial score (nSPS) is 10.9. The van der Waals surface area contributed by atoms with Crippen molar-refractivity contribution in [3.63, 3.8) is 0 Å². The second kappa shape index (κ2) is 3.65. The molecule has 0 bridgehead atoms. The van der Waals surface area contributed by atoms with Crippen LogP contribution in [0.1, 0.15) is 6.42 Å². The Morgan fingerprint density at radius 3 is 2.56 bits per heavy atom. The van der Waals surface area contributed by atoms with Crippen molar-refractivity contribution in [2.45, 2.75) is 6.42 Å². The summed E-state index contributed by atoms with van der Waals surface area (Å²) in [6.07, 6.45) is 2.62. The van der Waals surface area contributed by atoms with Crippen molar-refractivity contribution >= 4 is 0 Å². The van der Waals surface area contributed by atoms with Crippen molar-refractivity contribution in [3.05, 3.63) is 34.7 Å². The molecule has 0 fully saturated rings. The van der Waals surface area contributed by atoms with Gasteiger partial charge in [0.2, 0.25) is 0 Å². The average molecular weight is 128 g/mol. The summed E-state index contributed by atoms with van der Waals surface area (Å²) in [4.78, 5) is 9.40. The number of nitro groups is 1. The lowest BCUT2D eigenvalue weighted by Crippen LogP contribution is -1.99. The number of rotatable bonds is 3. The summed E-state index contributed by atoms with van der Waals surface area (Å²) in [5.41, 5.74) is 4.89. The molecule has 4 heteroatoms. The lowest BCUT2D eigenvalue weighted by molar-refractivity contribution is -0.427. The Kier molecular flexibility index (Phi) is 3.12. The first-order valence-electron chi connectivity index (χ1n) is 2.38. The maximum absolute atomic E-state index is 9.93. The molecule has 0 spiro atoms. The van der Waals surface area contributed by atoms with Crippen LogP contribution in [0.3, 0.4) is 0 Å². The Balaban J connectivity index is 4.00. The monoisotopic (exact) mass is 128 g/mol. The van der Waals surface area contributed by atoms with E-state index < -0.39 is 4.92 Å². The van der Waals surface area contributed by atoms with Gasteiger partial charge in [0.05, 0.1) is 17.5 Å². The molecule has 0 aromatic carbocycles. The minimum atomic E-state index is -0.526. The van der Waals surface area contributed by atoms with E-state index in [1.165, 1.54) is 6.08 Å². The van der Waals surface area contributed by atoms with Gasteiger partial charge >= 0.3 is 0 Å². The summed E-state index contributed by atoms with van der Waals surface area (Å²) in [5, 5.41) is 9.93. The fourth-order valence-corrected chi connectivity index (χ4v) is 0.351. The molecular weight excluding hydrogens is 120 g/mol. The molecule has 0 unspecified atom stereocenters. The SMILES string of the molecule is C=CC/C(=C/N)[N+](=O)[O-]. The highest BCUT2D eigenvalue weighted by atomic mass is 16.6. The van der Waals surface area contributed by atoms with Crippen molar-refractivity contribution in [1.82, 2.24) is 0 Å². The number of hydrogen-bond donors (Lipinski definition) is 1. The molecule has 0 atom stereocenters. The first-order chi connectivity index (χ1) is 4.22. The van der Waals surface area contributed by atoms with E-state index in [1.807, 2.05) is 0 Å². The summed E-state index contributed by atoms with van der Waals surface area (Å²) < 4.78 is 0. The van der Waals surface area contributed by atoms with Gasteiger partial charge < -0.3 is 5.73 Å². The molecular formula is C5H8N2O2. The summed E-state index contributed by atoms with van der Waals surface area (Å²) in [6.45, 7) is 3.33. The van der Waals surface area contributed by atoms with Crippen molar-refractivity contribution in [3.8, 4) is 0 Å². The minimum Gasteiger partial charge on any atom is -0.399 e. The van der Waals surface area contributed by atoms with Gasteiger partial charge in [0.25, 0.3) is 5.70 Å². The van der Waals surface area contributed by atoms with Crippen LogP contribution in [-0.4, -0.2) is 4.92 Å². The van der Waals surface area contributed by atoms with E-state index in [0.717, 1.165) is 6.20 Å². The van der Waals surface area contributed by atoms with Crippen molar-refractivity contribution < 1.29 is 4.92 Å². The summed E-state index contributed by atoms with van der Waals surface area (Å²) in [5.74, 6) is 0. The topological polar surface area (TPSA) is 69.2 Å². The molecule has 0 amide bonds. The third-order valence-electron chi connectivity index (χ3n) is 0.780. The van der Waals surface area contributed by atoms with Crippen LogP contribution in [0.15, 0.2) is 24.6 Å².